The molecule has 0 radical (unpaired) electrons. The fourth-order valence-electron chi connectivity index (χ4n) is 3.57. The first-order valence-electron chi connectivity index (χ1n) is 9.76. The minimum absolute atomic E-state index is 0.0375. The Morgan fingerprint density at radius 3 is 2.75 bits per heavy atom. The van der Waals surface area contributed by atoms with Crippen LogP contribution >= 0.6 is 0 Å². The number of para-hydroxylation sites is 2. The Morgan fingerprint density at radius 2 is 1.96 bits per heavy atom. The number of hydrogen-bond acceptors (Lipinski definition) is 5. The molecule has 1 amide bonds. The molecule has 1 N–H and O–H groups in total. The van der Waals surface area contributed by atoms with Gasteiger partial charge in [-0.2, -0.15) is 0 Å². The van der Waals surface area contributed by atoms with Crippen molar-refractivity contribution in [1.29, 1.82) is 0 Å². The standard InChI is InChI=1S/C21H24N4O3/c26-20(8-5-13-25-17-6-1-2-7-18(17)28-21(25)27)23-15-16-9-10-19(22-14-16)24-11-3-4-12-24/h1-2,6-7,9-10,14H,3-5,8,11-13,15H2,(H,23,26). The summed E-state index contributed by atoms with van der Waals surface area (Å²) in [6, 6.07) is 11.3. The Morgan fingerprint density at radius 1 is 1.14 bits per heavy atom. The highest BCUT2D eigenvalue weighted by Gasteiger charge is 2.13. The third-order valence-electron chi connectivity index (χ3n) is 5.09. The van der Waals surface area contributed by atoms with E-state index in [0.717, 1.165) is 30.0 Å². The summed E-state index contributed by atoms with van der Waals surface area (Å²) in [5, 5.41) is 2.92. The highest BCUT2D eigenvalue weighted by Crippen LogP contribution is 2.17. The third kappa shape index (κ3) is 4.08. The van der Waals surface area contributed by atoms with Crippen molar-refractivity contribution in [3.05, 3.63) is 58.7 Å². The number of hydrogen-bond donors (Lipinski definition) is 1. The molecule has 0 bridgehead atoms. The van der Waals surface area contributed by atoms with E-state index < -0.39 is 0 Å². The second kappa shape index (κ2) is 8.29. The van der Waals surface area contributed by atoms with Crippen molar-refractivity contribution in [2.24, 2.45) is 0 Å². The van der Waals surface area contributed by atoms with Crippen LogP contribution in [-0.2, 0) is 17.9 Å². The number of carbonyl (C=O) groups is 1. The molecule has 0 spiro atoms. The molecule has 7 nitrogen and oxygen atoms in total. The number of carbonyl (C=O) groups excluding carboxylic acids is 1. The maximum atomic E-state index is 12.1. The van der Waals surface area contributed by atoms with Crippen LogP contribution in [0.2, 0.25) is 0 Å². The number of benzene rings is 1. The fraction of sp³-hybridized carbons (Fsp3) is 0.381. The van der Waals surface area contributed by atoms with Crippen LogP contribution in [0.3, 0.4) is 0 Å². The number of anilines is 1. The average Bonchev–Trinajstić information content (AvgIpc) is 3.35. The normalized spacial score (nSPS) is 13.9. The first kappa shape index (κ1) is 18.3. The SMILES string of the molecule is O=C(CCCn1c(=O)oc2ccccc21)NCc1ccc(N2CCCC2)nc1. The molecule has 7 heteroatoms. The lowest BCUT2D eigenvalue weighted by Gasteiger charge is -2.16. The molecule has 0 aliphatic carbocycles. The number of nitrogens with one attached hydrogen (secondary N) is 1. The van der Waals surface area contributed by atoms with Crippen molar-refractivity contribution >= 4 is 22.8 Å². The topological polar surface area (TPSA) is 80.4 Å². The lowest BCUT2D eigenvalue weighted by atomic mass is 10.2. The van der Waals surface area contributed by atoms with Crippen LogP contribution < -0.4 is 16.0 Å². The van der Waals surface area contributed by atoms with E-state index in [1.165, 1.54) is 12.8 Å². The Hall–Kier alpha value is -3.09. The second-order valence-electron chi connectivity index (χ2n) is 7.09. The van der Waals surface area contributed by atoms with Gasteiger partial charge in [0.2, 0.25) is 5.91 Å². The van der Waals surface area contributed by atoms with E-state index in [1.54, 1.807) is 10.6 Å². The van der Waals surface area contributed by atoms with E-state index in [1.807, 2.05) is 36.5 Å². The van der Waals surface area contributed by atoms with Crippen LogP contribution in [0.15, 0.2) is 51.8 Å². The molecule has 0 saturated carbocycles. The third-order valence-corrected chi connectivity index (χ3v) is 5.09. The first-order valence-corrected chi connectivity index (χ1v) is 9.76. The van der Waals surface area contributed by atoms with Crippen LogP contribution in [0.5, 0.6) is 0 Å². The predicted molar refractivity (Wildman–Crippen MR) is 107 cm³/mol. The van der Waals surface area contributed by atoms with Crippen LogP contribution in [0.1, 0.15) is 31.2 Å². The Labute approximate surface area is 163 Å². The molecule has 28 heavy (non-hydrogen) atoms. The lowest BCUT2D eigenvalue weighted by Crippen LogP contribution is -2.24. The molecule has 4 rings (SSSR count). The summed E-state index contributed by atoms with van der Waals surface area (Å²) in [5.74, 6) is 0.584. The van der Waals surface area contributed by atoms with Gasteiger partial charge in [0.05, 0.1) is 5.52 Å². The van der Waals surface area contributed by atoms with Crippen LogP contribution in [0.25, 0.3) is 11.1 Å². The fourth-order valence-corrected chi connectivity index (χ4v) is 3.57. The monoisotopic (exact) mass is 380 g/mol. The number of amides is 1. The predicted octanol–water partition coefficient (Wildman–Crippen LogP) is 2.69. The summed E-state index contributed by atoms with van der Waals surface area (Å²) >= 11 is 0. The van der Waals surface area contributed by atoms with Gasteiger partial charge in [-0.25, -0.2) is 9.78 Å². The van der Waals surface area contributed by atoms with E-state index in [4.69, 9.17) is 4.42 Å². The van der Waals surface area contributed by atoms with Crippen molar-refractivity contribution in [2.45, 2.75) is 38.8 Å². The highest BCUT2D eigenvalue weighted by molar-refractivity contribution is 5.76. The van der Waals surface area contributed by atoms with Crippen molar-refractivity contribution in [2.75, 3.05) is 18.0 Å². The van der Waals surface area contributed by atoms with Crippen LogP contribution in [0, 0.1) is 0 Å². The number of aromatic nitrogens is 2. The zero-order valence-electron chi connectivity index (χ0n) is 15.8. The Bertz CT molecular complexity index is 1000. The van der Waals surface area contributed by atoms with Gasteiger partial charge in [0.15, 0.2) is 5.58 Å². The second-order valence-corrected chi connectivity index (χ2v) is 7.09. The summed E-state index contributed by atoms with van der Waals surface area (Å²) < 4.78 is 6.78. The van der Waals surface area contributed by atoms with Crippen molar-refractivity contribution in [3.63, 3.8) is 0 Å². The van der Waals surface area contributed by atoms with E-state index in [0.29, 0.717) is 31.5 Å². The van der Waals surface area contributed by atoms with E-state index >= 15 is 0 Å². The average molecular weight is 380 g/mol. The minimum Gasteiger partial charge on any atom is -0.408 e. The number of oxazole rings is 1. The zero-order chi connectivity index (χ0) is 19.3. The zero-order valence-corrected chi connectivity index (χ0v) is 15.8. The van der Waals surface area contributed by atoms with E-state index in [9.17, 15) is 9.59 Å². The molecule has 1 aliphatic heterocycles. The molecule has 2 aromatic heterocycles. The molecule has 0 unspecified atom stereocenters. The number of aryl methyl sites for hydroxylation is 1. The van der Waals surface area contributed by atoms with Crippen molar-refractivity contribution < 1.29 is 9.21 Å². The Kier molecular flexibility index (Phi) is 5.41. The first-order chi connectivity index (χ1) is 13.7. The molecule has 1 saturated heterocycles. The number of pyridine rings is 1. The van der Waals surface area contributed by atoms with Crippen LogP contribution in [0.4, 0.5) is 5.82 Å². The largest absolute Gasteiger partial charge is 0.419 e. The number of rotatable bonds is 7. The van der Waals surface area contributed by atoms with Gasteiger partial charge in [-0.05, 0) is 43.0 Å². The van der Waals surface area contributed by atoms with Crippen molar-refractivity contribution in [3.8, 4) is 0 Å². The summed E-state index contributed by atoms with van der Waals surface area (Å²) in [7, 11) is 0. The molecule has 146 valence electrons. The van der Waals surface area contributed by atoms with Gasteiger partial charge in [-0.3, -0.25) is 9.36 Å². The highest BCUT2D eigenvalue weighted by atomic mass is 16.4. The van der Waals surface area contributed by atoms with Gasteiger partial charge in [0.25, 0.3) is 0 Å². The van der Waals surface area contributed by atoms with Crippen molar-refractivity contribution in [1.82, 2.24) is 14.9 Å². The van der Waals surface area contributed by atoms with Gasteiger partial charge < -0.3 is 14.6 Å². The van der Waals surface area contributed by atoms with Gasteiger partial charge in [0.1, 0.15) is 5.82 Å². The molecule has 0 atom stereocenters. The summed E-state index contributed by atoms with van der Waals surface area (Å²) in [6.45, 7) is 3.05. The number of fused-ring (bicyclic) bond motifs is 1. The number of nitrogens with zero attached hydrogens (tertiary/aromatic N) is 3. The molecule has 3 heterocycles. The van der Waals surface area contributed by atoms with Gasteiger partial charge in [-0.15, -0.1) is 0 Å². The van der Waals surface area contributed by atoms with Gasteiger partial charge in [0, 0.05) is 38.8 Å². The minimum atomic E-state index is -0.384. The smallest absolute Gasteiger partial charge is 0.408 e. The maximum Gasteiger partial charge on any atom is 0.419 e. The summed E-state index contributed by atoms with van der Waals surface area (Å²) in [4.78, 5) is 30.8. The van der Waals surface area contributed by atoms with Gasteiger partial charge in [-0.1, -0.05) is 18.2 Å². The molecule has 1 aliphatic rings. The summed E-state index contributed by atoms with van der Waals surface area (Å²) in [6.07, 6.45) is 5.19. The molecule has 1 fully saturated rings. The lowest BCUT2D eigenvalue weighted by molar-refractivity contribution is -0.121. The maximum absolute atomic E-state index is 12.1. The summed E-state index contributed by atoms with van der Waals surface area (Å²) in [5.41, 5.74) is 2.31. The van der Waals surface area contributed by atoms with E-state index in [-0.39, 0.29) is 11.7 Å². The van der Waals surface area contributed by atoms with Gasteiger partial charge >= 0.3 is 5.76 Å². The quantitative estimate of drug-likeness (QED) is 0.682. The molecule has 1 aromatic carbocycles. The molecule has 3 aromatic rings. The van der Waals surface area contributed by atoms with E-state index in [2.05, 4.69) is 15.2 Å². The Balaban J connectivity index is 1.24. The molecular weight excluding hydrogens is 356 g/mol. The molecular formula is C21H24N4O3. The van der Waals surface area contributed by atoms with Crippen LogP contribution in [-0.4, -0.2) is 28.5 Å².